The third-order valence-corrected chi connectivity index (χ3v) is 6.71. The van der Waals surface area contributed by atoms with Crippen LogP contribution in [-0.2, 0) is 30.3 Å². The highest BCUT2D eigenvalue weighted by atomic mass is 127. The molecule has 34 heavy (non-hydrogen) atoms. The number of rotatable bonds is 10. The molecule has 0 spiro atoms. The van der Waals surface area contributed by atoms with E-state index in [1.807, 2.05) is 6.92 Å². The fourth-order valence-electron chi connectivity index (χ4n) is 2.74. The number of halogens is 1. The van der Waals surface area contributed by atoms with Crippen LogP contribution in [0.4, 0.5) is 4.79 Å². The molecule has 0 aliphatic heterocycles. The first kappa shape index (κ1) is 27.9. The molecule has 0 heterocycles. The number of nitrogens with one attached hydrogen (secondary N) is 1. The van der Waals surface area contributed by atoms with E-state index >= 15 is 0 Å². The number of hydrogen-bond acceptors (Lipinski definition) is 7. The lowest BCUT2D eigenvalue weighted by atomic mass is 10.1. The SMILES string of the molecule is Cc1ccc(S(=O)(=O)OCCOc2ccc(I)c(C[C@H](NC(=O)OC(C)(C)C)C(=O)O)c2)cc1. The Balaban J connectivity index is 1.97. The Labute approximate surface area is 213 Å². The lowest BCUT2D eigenvalue weighted by molar-refractivity contribution is -0.139. The van der Waals surface area contributed by atoms with Crippen LogP contribution < -0.4 is 10.1 Å². The molecule has 0 bridgehead atoms. The van der Waals surface area contributed by atoms with E-state index in [1.165, 1.54) is 12.1 Å². The highest BCUT2D eigenvalue weighted by molar-refractivity contribution is 14.1. The first-order valence-corrected chi connectivity index (χ1v) is 12.9. The summed E-state index contributed by atoms with van der Waals surface area (Å²) in [4.78, 5) is 23.7. The van der Waals surface area contributed by atoms with Crippen molar-refractivity contribution in [2.75, 3.05) is 13.2 Å². The fourth-order valence-corrected chi connectivity index (χ4v) is 4.19. The van der Waals surface area contributed by atoms with Crippen molar-refractivity contribution >= 4 is 44.8 Å². The molecule has 0 radical (unpaired) electrons. The Morgan fingerprint density at radius 2 is 1.74 bits per heavy atom. The maximum absolute atomic E-state index is 12.2. The third-order valence-electron chi connectivity index (χ3n) is 4.33. The first-order valence-electron chi connectivity index (χ1n) is 10.4. The first-order chi connectivity index (χ1) is 15.8. The molecule has 186 valence electrons. The normalized spacial score (nSPS) is 12.6. The maximum Gasteiger partial charge on any atom is 0.408 e. The molecule has 9 nitrogen and oxygen atoms in total. The zero-order chi connectivity index (χ0) is 25.5. The molecule has 0 fully saturated rings. The van der Waals surface area contributed by atoms with Gasteiger partial charge in [-0.2, -0.15) is 8.42 Å². The number of carbonyl (C=O) groups is 2. The summed E-state index contributed by atoms with van der Waals surface area (Å²) in [5.74, 6) is -0.796. The minimum Gasteiger partial charge on any atom is -0.491 e. The zero-order valence-electron chi connectivity index (χ0n) is 19.3. The van der Waals surface area contributed by atoms with Crippen LogP contribution >= 0.6 is 22.6 Å². The van der Waals surface area contributed by atoms with Crippen molar-refractivity contribution in [3.8, 4) is 5.75 Å². The molecule has 0 saturated carbocycles. The highest BCUT2D eigenvalue weighted by Gasteiger charge is 2.25. The van der Waals surface area contributed by atoms with E-state index in [0.717, 1.165) is 9.13 Å². The van der Waals surface area contributed by atoms with Gasteiger partial charge in [0.25, 0.3) is 10.1 Å². The van der Waals surface area contributed by atoms with Crippen molar-refractivity contribution in [3.63, 3.8) is 0 Å². The predicted octanol–water partition coefficient (Wildman–Crippen LogP) is 3.90. The van der Waals surface area contributed by atoms with Crippen molar-refractivity contribution in [1.82, 2.24) is 5.32 Å². The highest BCUT2D eigenvalue weighted by Crippen LogP contribution is 2.22. The number of aryl methyl sites for hydroxylation is 1. The van der Waals surface area contributed by atoms with Crippen LogP contribution in [0.3, 0.4) is 0 Å². The third kappa shape index (κ3) is 9.11. The number of ether oxygens (including phenoxy) is 2. The summed E-state index contributed by atoms with van der Waals surface area (Å²) >= 11 is 2.06. The van der Waals surface area contributed by atoms with Gasteiger partial charge in [0, 0.05) is 9.99 Å². The van der Waals surface area contributed by atoms with Gasteiger partial charge in [-0.05, 0) is 86.2 Å². The minimum absolute atomic E-state index is 0.00233. The molecule has 2 N–H and O–H groups in total. The van der Waals surface area contributed by atoms with E-state index in [1.54, 1.807) is 51.1 Å². The molecule has 2 rings (SSSR count). The van der Waals surface area contributed by atoms with Gasteiger partial charge in [0.2, 0.25) is 0 Å². The summed E-state index contributed by atoms with van der Waals surface area (Å²) < 4.78 is 41.0. The van der Waals surface area contributed by atoms with Gasteiger partial charge in [-0.15, -0.1) is 0 Å². The summed E-state index contributed by atoms with van der Waals surface area (Å²) in [6.45, 7) is 6.66. The number of alkyl carbamates (subject to hydrolysis) is 1. The van der Waals surface area contributed by atoms with E-state index in [0.29, 0.717) is 11.3 Å². The number of amides is 1. The van der Waals surface area contributed by atoms with Gasteiger partial charge < -0.3 is 19.9 Å². The summed E-state index contributed by atoms with van der Waals surface area (Å²) in [5, 5.41) is 11.9. The van der Waals surface area contributed by atoms with Crippen LogP contribution in [0, 0.1) is 10.5 Å². The van der Waals surface area contributed by atoms with Gasteiger partial charge in [0.1, 0.15) is 30.6 Å². The maximum atomic E-state index is 12.2. The smallest absolute Gasteiger partial charge is 0.408 e. The van der Waals surface area contributed by atoms with Crippen LogP contribution in [0.5, 0.6) is 5.75 Å². The van der Waals surface area contributed by atoms with E-state index in [2.05, 4.69) is 27.9 Å². The molecule has 2 aromatic carbocycles. The predicted molar refractivity (Wildman–Crippen MR) is 133 cm³/mol. The molecule has 0 aromatic heterocycles. The zero-order valence-corrected chi connectivity index (χ0v) is 22.3. The molecule has 0 saturated heterocycles. The number of aliphatic carboxylic acids is 1. The van der Waals surface area contributed by atoms with Crippen molar-refractivity contribution in [2.45, 2.75) is 50.7 Å². The molecular formula is C23H28INO8S. The quantitative estimate of drug-likeness (QED) is 0.237. The van der Waals surface area contributed by atoms with E-state index < -0.39 is 33.8 Å². The lowest BCUT2D eigenvalue weighted by Gasteiger charge is -2.22. The van der Waals surface area contributed by atoms with Gasteiger partial charge in [-0.25, -0.2) is 9.59 Å². The summed E-state index contributed by atoms with van der Waals surface area (Å²) in [7, 11) is -3.90. The van der Waals surface area contributed by atoms with E-state index in [9.17, 15) is 23.1 Å². The Kier molecular flexibility index (Phi) is 9.71. The second-order valence-electron chi connectivity index (χ2n) is 8.43. The molecule has 1 amide bonds. The van der Waals surface area contributed by atoms with Crippen LogP contribution in [0.2, 0.25) is 0 Å². The Hall–Kier alpha value is -2.38. The topological polar surface area (TPSA) is 128 Å². The second-order valence-corrected chi connectivity index (χ2v) is 11.2. The number of benzene rings is 2. The molecular weight excluding hydrogens is 577 g/mol. The van der Waals surface area contributed by atoms with Crippen LogP contribution in [0.15, 0.2) is 47.4 Å². The van der Waals surface area contributed by atoms with Gasteiger partial charge in [-0.1, -0.05) is 17.7 Å². The summed E-state index contributed by atoms with van der Waals surface area (Å²) in [6.07, 6.45) is -0.822. The standard InChI is InChI=1S/C23H28INO8S/c1-15-5-8-18(9-6-15)34(29,30)32-12-11-31-17-7-10-19(24)16(13-17)14-20(21(26)27)25-22(28)33-23(2,3)4/h5-10,13,20H,11-12,14H2,1-4H3,(H,25,28)(H,26,27)/t20-/m0/s1. The van der Waals surface area contributed by atoms with E-state index in [-0.39, 0.29) is 24.5 Å². The molecule has 11 heteroatoms. The van der Waals surface area contributed by atoms with Gasteiger partial charge in [0.05, 0.1) is 4.90 Å². The average Bonchev–Trinajstić information content (AvgIpc) is 2.71. The molecule has 1 atom stereocenters. The number of hydrogen-bond donors (Lipinski definition) is 2. The fraction of sp³-hybridized carbons (Fsp3) is 0.391. The Bertz CT molecular complexity index is 1110. The molecule has 2 aromatic rings. The van der Waals surface area contributed by atoms with Gasteiger partial charge in [-0.3, -0.25) is 4.18 Å². The molecule has 0 aliphatic rings. The van der Waals surface area contributed by atoms with Crippen LogP contribution in [0.1, 0.15) is 31.9 Å². The molecule has 0 unspecified atom stereocenters. The van der Waals surface area contributed by atoms with Crippen molar-refractivity contribution in [1.29, 1.82) is 0 Å². The number of carboxylic acid groups (broad SMARTS) is 1. The average molecular weight is 605 g/mol. The Morgan fingerprint density at radius 1 is 1.09 bits per heavy atom. The molecule has 0 aliphatic carbocycles. The van der Waals surface area contributed by atoms with Crippen molar-refractivity contribution in [2.24, 2.45) is 0 Å². The van der Waals surface area contributed by atoms with Crippen molar-refractivity contribution < 1.29 is 36.8 Å². The van der Waals surface area contributed by atoms with Gasteiger partial charge in [0.15, 0.2) is 0 Å². The minimum atomic E-state index is -3.90. The van der Waals surface area contributed by atoms with Crippen LogP contribution in [0.25, 0.3) is 0 Å². The number of carbonyl (C=O) groups excluding carboxylic acids is 1. The summed E-state index contributed by atoms with van der Waals surface area (Å²) in [6, 6.07) is 10.2. The Morgan fingerprint density at radius 3 is 2.32 bits per heavy atom. The number of carboxylic acids is 1. The largest absolute Gasteiger partial charge is 0.491 e. The monoisotopic (exact) mass is 605 g/mol. The van der Waals surface area contributed by atoms with Gasteiger partial charge >= 0.3 is 12.1 Å². The van der Waals surface area contributed by atoms with E-state index in [4.69, 9.17) is 13.7 Å². The summed E-state index contributed by atoms with van der Waals surface area (Å²) in [5.41, 5.74) is 0.808. The second kappa shape index (κ2) is 11.8. The van der Waals surface area contributed by atoms with Crippen LogP contribution in [-0.4, -0.2) is 50.4 Å². The lowest BCUT2D eigenvalue weighted by Crippen LogP contribution is -2.44. The van der Waals surface area contributed by atoms with Crippen molar-refractivity contribution in [3.05, 3.63) is 57.2 Å².